The molecule has 0 saturated carbocycles. The summed E-state index contributed by atoms with van der Waals surface area (Å²) in [5.74, 6) is 0.309. The van der Waals surface area contributed by atoms with Gasteiger partial charge in [0.25, 0.3) is 5.91 Å². The fourth-order valence-electron chi connectivity index (χ4n) is 1.77. The molecule has 1 amide bonds. The van der Waals surface area contributed by atoms with Crippen molar-refractivity contribution >= 4 is 21.8 Å². The maximum Gasteiger partial charge on any atom is 0.271 e. The van der Waals surface area contributed by atoms with E-state index in [0.29, 0.717) is 48.6 Å². The van der Waals surface area contributed by atoms with Gasteiger partial charge in [-0.15, -0.1) is 0 Å². The smallest absolute Gasteiger partial charge is 0.271 e. The summed E-state index contributed by atoms with van der Waals surface area (Å²) in [6.07, 6.45) is 5.60. The Labute approximate surface area is 136 Å². The van der Waals surface area contributed by atoms with Crippen LogP contribution in [-0.4, -0.2) is 45.5 Å². The Bertz CT molecular complexity index is 602. The summed E-state index contributed by atoms with van der Waals surface area (Å²) >= 11 is 3.30. The second-order valence-electron chi connectivity index (χ2n) is 4.53. The molecule has 118 valence electrons. The molecule has 0 atom stereocenters. The molecule has 2 heterocycles. The highest BCUT2D eigenvalue weighted by molar-refractivity contribution is 9.10. The average Bonchev–Trinajstić information content (AvgIpc) is 3.02. The molecule has 2 rings (SSSR count). The van der Waals surface area contributed by atoms with Crippen LogP contribution in [0.4, 0.5) is 0 Å². The van der Waals surface area contributed by atoms with Gasteiger partial charge in [0.1, 0.15) is 11.5 Å². The SMILES string of the molecule is NCCNCc1ncc(Br)c(C(=O)NCCc2cnc[nH]2)n1. The first kappa shape index (κ1) is 16.5. The van der Waals surface area contributed by atoms with Gasteiger partial charge in [-0.2, -0.15) is 0 Å². The number of rotatable bonds is 8. The molecule has 0 saturated heterocycles. The molecule has 22 heavy (non-hydrogen) atoms. The summed E-state index contributed by atoms with van der Waals surface area (Å²) in [4.78, 5) is 27.5. The highest BCUT2D eigenvalue weighted by atomic mass is 79.9. The number of hydrogen-bond acceptors (Lipinski definition) is 6. The van der Waals surface area contributed by atoms with E-state index in [-0.39, 0.29) is 5.91 Å². The number of hydrogen-bond donors (Lipinski definition) is 4. The highest BCUT2D eigenvalue weighted by Gasteiger charge is 2.13. The predicted octanol–water partition coefficient (Wildman–Crippen LogP) is -0.0170. The van der Waals surface area contributed by atoms with Crippen LogP contribution in [0.2, 0.25) is 0 Å². The lowest BCUT2D eigenvalue weighted by atomic mass is 10.3. The van der Waals surface area contributed by atoms with Crippen molar-refractivity contribution in [2.75, 3.05) is 19.6 Å². The zero-order chi connectivity index (χ0) is 15.8. The summed E-state index contributed by atoms with van der Waals surface area (Å²) in [5.41, 5.74) is 6.70. The molecule has 0 unspecified atom stereocenters. The molecule has 2 aromatic heterocycles. The Morgan fingerprint density at radius 3 is 2.95 bits per heavy atom. The number of imidazole rings is 1. The molecular weight excluding hydrogens is 350 g/mol. The molecule has 0 aliphatic heterocycles. The minimum absolute atomic E-state index is 0.242. The summed E-state index contributed by atoms with van der Waals surface area (Å²) in [7, 11) is 0. The number of carbonyl (C=O) groups is 1. The Hall–Kier alpha value is -1.84. The second-order valence-corrected chi connectivity index (χ2v) is 5.39. The van der Waals surface area contributed by atoms with E-state index in [1.165, 1.54) is 0 Å². The maximum atomic E-state index is 12.2. The number of amides is 1. The van der Waals surface area contributed by atoms with E-state index in [9.17, 15) is 4.79 Å². The predicted molar refractivity (Wildman–Crippen MR) is 85.1 cm³/mol. The van der Waals surface area contributed by atoms with Crippen LogP contribution in [0.3, 0.4) is 0 Å². The van der Waals surface area contributed by atoms with Crippen LogP contribution in [0.1, 0.15) is 22.0 Å². The Morgan fingerprint density at radius 1 is 1.36 bits per heavy atom. The molecule has 0 fully saturated rings. The van der Waals surface area contributed by atoms with E-state index in [1.54, 1.807) is 18.7 Å². The third-order valence-electron chi connectivity index (χ3n) is 2.85. The van der Waals surface area contributed by atoms with Crippen molar-refractivity contribution in [3.8, 4) is 0 Å². The van der Waals surface area contributed by atoms with E-state index in [0.717, 1.165) is 5.69 Å². The van der Waals surface area contributed by atoms with Gasteiger partial charge in [0.15, 0.2) is 0 Å². The molecule has 0 aliphatic rings. The fourth-order valence-corrected chi connectivity index (χ4v) is 2.14. The maximum absolute atomic E-state index is 12.2. The van der Waals surface area contributed by atoms with Gasteiger partial charge in [-0.25, -0.2) is 15.0 Å². The van der Waals surface area contributed by atoms with Gasteiger partial charge in [0, 0.05) is 44.1 Å². The summed E-state index contributed by atoms with van der Waals surface area (Å²) in [6, 6.07) is 0. The summed E-state index contributed by atoms with van der Waals surface area (Å²) < 4.78 is 0.564. The molecule has 0 aromatic carbocycles. The summed E-state index contributed by atoms with van der Waals surface area (Å²) in [6.45, 7) is 2.18. The van der Waals surface area contributed by atoms with Crippen LogP contribution in [0.15, 0.2) is 23.2 Å². The number of carbonyl (C=O) groups excluding carboxylic acids is 1. The molecule has 2 aromatic rings. The van der Waals surface area contributed by atoms with Crippen LogP contribution in [-0.2, 0) is 13.0 Å². The molecule has 9 heteroatoms. The minimum atomic E-state index is -0.242. The summed E-state index contributed by atoms with van der Waals surface area (Å²) in [5, 5.41) is 5.92. The van der Waals surface area contributed by atoms with Gasteiger partial charge in [0.05, 0.1) is 17.3 Å². The number of aromatic nitrogens is 4. The van der Waals surface area contributed by atoms with Crippen molar-refractivity contribution in [1.29, 1.82) is 0 Å². The molecule has 5 N–H and O–H groups in total. The van der Waals surface area contributed by atoms with Crippen molar-refractivity contribution in [3.05, 3.63) is 40.4 Å². The molecule has 8 nitrogen and oxygen atoms in total. The normalized spacial score (nSPS) is 10.6. The number of nitrogens with zero attached hydrogens (tertiary/aromatic N) is 3. The number of nitrogens with one attached hydrogen (secondary N) is 3. The van der Waals surface area contributed by atoms with Crippen LogP contribution < -0.4 is 16.4 Å². The van der Waals surface area contributed by atoms with Gasteiger partial charge >= 0.3 is 0 Å². The van der Waals surface area contributed by atoms with Gasteiger partial charge in [0.2, 0.25) is 0 Å². The molecular formula is C13H18BrN7O. The third kappa shape index (κ3) is 4.86. The first-order valence-electron chi connectivity index (χ1n) is 6.88. The van der Waals surface area contributed by atoms with E-state index in [2.05, 4.69) is 46.5 Å². The molecule has 0 aliphatic carbocycles. The molecule has 0 spiro atoms. The number of halogens is 1. The van der Waals surface area contributed by atoms with E-state index < -0.39 is 0 Å². The first-order chi connectivity index (χ1) is 10.7. The van der Waals surface area contributed by atoms with Gasteiger partial charge < -0.3 is 21.4 Å². The first-order valence-corrected chi connectivity index (χ1v) is 7.67. The van der Waals surface area contributed by atoms with Crippen molar-refractivity contribution in [1.82, 2.24) is 30.6 Å². The number of aromatic amines is 1. The lowest BCUT2D eigenvalue weighted by molar-refractivity contribution is 0.0947. The second kappa shape index (κ2) is 8.57. The average molecular weight is 368 g/mol. The van der Waals surface area contributed by atoms with Crippen molar-refractivity contribution < 1.29 is 4.79 Å². The van der Waals surface area contributed by atoms with E-state index in [1.807, 2.05) is 0 Å². The van der Waals surface area contributed by atoms with Crippen LogP contribution in [0, 0.1) is 0 Å². The zero-order valence-electron chi connectivity index (χ0n) is 12.0. The highest BCUT2D eigenvalue weighted by Crippen LogP contribution is 2.13. The standard InChI is InChI=1S/C13H18BrN7O/c14-10-6-19-11(7-16-4-2-15)21-12(10)13(22)18-3-1-9-5-17-8-20-9/h5-6,8,16H,1-4,7,15H2,(H,17,20)(H,18,22). The molecule has 0 radical (unpaired) electrons. The van der Waals surface area contributed by atoms with Crippen molar-refractivity contribution in [2.24, 2.45) is 5.73 Å². The number of nitrogens with two attached hydrogens (primary N) is 1. The Morgan fingerprint density at radius 2 is 2.23 bits per heavy atom. The van der Waals surface area contributed by atoms with Gasteiger partial charge in [-0.3, -0.25) is 4.79 Å². The lowest BCUT2D eigenvalue weighted by Gasteiger charge is -2.08. The van der Waals surface area contributed by atoms with Crippen LogP contribution in [0.25, 0.3) is 0 Å². The van der Waals surface area contributed by atoms with Crippen LogP contribution >= 0.6 is 15.9 Å². The Balaban J connectivity index is 1.91. The Kier molecular flexibility index (Phi) is 6.44. The molecule has 0 bridgehead atoms. The fraction of sp³-hybridized carbons (Fsp3) is 0.385. The van der Waals surface area contributed by atoms with E-state index in [4.69, 9.17) is 5.73 Å². The quantitative estimate of drug-likeness (QED) is 0.486. The van der Waals surface area contributed by atoms with Crippen molar-refractivity contribution in [2.45, 2.75) is 13.0 Å². The van der Waals surface area contributed by atoms with Crippen LogP contribution in [0.5, 0.6) is 0 Å². The van der Waals surface area contributed by atoms with Gasteiger partial charge in [-0.05, 0) is 15.9 Å². The monoisotopic (exact) mass is 367 g/mol. The lowest BCUT2D eigenvalue weighted by Crippen LogP contribution is -2.28. The topological polar surface area (TPSA) is 122 Å². The van der Waals surface area contributed by atoms with Crippen molar-refractivity contribution in [3.63, 3.8) is 0 Å². The third-order valence-corrected chi connectivity index (χ3v) is 3.43. The minimum Gasteiger partial charge on any atom is -0.350 e. The van der Waals surface area contributed by atoms with E-state index >= 15 is 0 Å². The number of H-pyrrole nitrogens is 1. The van der Waals surface area contributed by atoms with Gasteiger partial charge in [-0.1, -0.05) is 0 Å². The largest absolute Gasteiger partial charge is 0.350 e. The zero-order valence-corrected chi connectivity index (χ0v) is 13.6.